The SMILES string of the molecule is CC1(C)[C@H](C(=O)[NH+]=C(N)N)[C@H]1c1cccc(Cl)c1.O=C([O-])C(F)(F)F. The lowest BCUT2D eigenvalue weighted by molar-refractivity contribution is -0.382. The smallest absolute Gasteiger partial charge is 0.430 e. The number of guanidine groups is 1. The van der Waals surface area contributed by atoms with Gasteiger partial charge in [0.1, 0.15) is 5.97 Å². The summed E-state index contributed by atoms with van der Waals surface area (Å²) in [4.78, 5) is 23.2. The van der Waals surface area contributed by atoms with Gasteiger partial charge in [-0.2, -0.15) is 13.2 Å². The zero-order valence-electron chi connectivity index (χ0n) is 13.4. The van der Waals surface area contributed by atoms with Gasteiger partial charge < -0.3 is 9.90 Å². The van der Waals surface area contributed by atoms with Crippen molar-refractivity contribution in [2.75, 3.05) is 0 Å². The molecule has 0 aromatic heterocycles. The van der Waals surface area contributed by atoms with Crippen LogP contribution in [0.1, 0.15) is 25.3 Å². The van der Waals surface area contributed by atoms with E-state index in [1.54, 1.807) is 0 Å². The van der Waals surface area contributed by atoms with Gasteiger partial charge in [0.05, 0.1) is 5.92 Å². The molecule has 1 aromatic rings. The Labute approximate surface area is 146 Å². The van der Waals surface area contributed by atoms with Crippen LogP contribution < -0.4 is 21.6 Å². The molecule has 2 rings (SSSR count). The second-order valence-electron chi connectivity index (χ2n) is 6.06. The van der Waals surface area contributed by atoms with Crippen LogP contribution in [0.4, 0.5) is 13.2 Å². The number of carbonyl (C=O) groups is 2. The van der Waals surface area contributed by atoms with Crippen LogP contribution in [-0.2, 0) is 9.59 Å². The monoisotopic (exact) mass is 379 g/mol. The molecular formula is C15H17ClF3N3O3. The summed E-state index contributed by atoms with van der Waals surface area (Å²) in [5, 5.41) is 9.46. The molecule has 1 aliphatic rings. The molecule has 0 spiro atoms. The first-order chi connectivity index (χ1) is 11.3. The number of hydrogen-bond acceptors (Lipinski definition) is 3. The van der Waals surface area contributed by atoms with E-state index < -0.39 is 12.1 Å². The number of hydrogen-bond donors (Lipinski definition) is 3. The Morgan fingerprint density at radius 1 is 1.28 bits per heavy atom. The van der Waals surface area contributed by atoms with Crippen molar-refractivity contribution in [2.24, 2.45) is 22.8 Å². The van der Waals surface area contributed by atoms with Gasteiger partial charge in [0.2, 0.25) is 0 Å². The summed E-state index contributed by atoms with van der Waals surface area (Å²) in [7, 11) is 0. The van der Waals surface area contributed by atoms with Crippen molar-refractivity contribution in [2.45, 2.75) is 25.9 Å². The van der Waals surface area contributed by atoms with Crippen molar-refractivity contribution in [1.29, 1.82) is 0 Å². The normalized spacial score (nSPS) is 20.7. The molecule has 0 saturated heterocycles. The second-order valence-corrected chi connectivity index (χ2v) is 6.50. The number of carboxylic acids is 1. The third kappa shape index (κ3) is 5.35. The molecule has 1 aromatic carbocycles. The Balaban J connectivity index is 0.000000381. The quantitative estimate of drug-likeness (QED) is 0.461. The molecule has 1 saturated carbocycles. The topological polar surface area (TPSA) is 123 Å². The number of alkyl halides is 3. The highest BCUT2D eigenvalue weighted by Crippen LogP contribution is 2.64. The maximum atomic E-state index is 12.0. The zero-order valence-corrected chi connectivity index (χ0v) is 14.1. The fourth-order valence-electron chi connectivity index (χ4n) is 2.67. The zero-order chi connectivity index (χ0) is 19.6. The number of halogens is 4. The van der Waals surface area contributed by atoms with Crippen LogP contribution >= 0.6 is 11.6 Å². The summed E-state index contributed by atoms with van der Waals surface area (Å²) in [5.74, 6) is -3.18. The first kappa shape index (κ1) is 20.8. The van der Waals surface area contributed by atoms with Crippen LogP contribution in [0.2, 0.25) is 5.02 Å². The Kier molecular flexibility index (Phi) is 6.06. The molecule has 5 N–H and O–H groups in total. The number of benzene rings is 1. The first-order valence-electron chi connectivity index (χ1n) is 7.01. The number of carbonyl (C=O) groups excluding carboxylic acids is 2. The van der Waals surface area contributed by atoms with E-state index in [0.717, 1.165) is 5.56 Å². The van der Waals surface area contributed by atoms with Crippen molar-refractivity contribution < 1.29 is 32.9 Å². The van der Waals surface area contributed by atoms with E-state index in [9.17, 15) is 18.0 Å². The molecule has 25 heavy (non-hydrogen) atoms. The Morgan fingerprint density at radius 3 is 2.20 bits per heavy atom. The Bertz CT molecular complexity index is 701. The maximum Gasteiger partial charge on any atom is 0.430 e. The highest BCUT2D eigenvalue weighted by Gasteiger charge is 2.63. The summed E-state index contributed by atoms with van der Waals surface area (Å²) in [6.07, 6.45) is -5.19. The van der Waals surface area contributed by atoms with Gasteiger partial charge >= 0.3 is 12.1 Å². The molecule has 0 aliphatic heterocycles. The van der Waals surface area contributed by atoms with Crippen molar-refractivity contribution in [3.8, 4) is 0 Å². The minimum atomic E-state index is -5.19. The van der Waals surface area contributed by atoms with Gasteiger partial charge in [-0.3, -0.25) is 16.3 Å². The van der Waals surface area contributed by atoms with E-state index >= 15 is 0 Å². The summed E-state index contributed by atoms with van der Waals surface area (Å²) in [5.41, 5.74) is 11.6. The predicted octanol–water partition coefficient (Wildman–Crippen LogP) is -0.741. The van der Waals surface area contributed by atoms with Crippen LogP contribution in [0.5, 0.6) is 0 Å². The van der Waals surface area contributed by atoms with Crippen LogP contribution in [0.15, 0.2) is 24.3 Å². The third-order valence-corrected chi connectivity index (χ3v) is 4.05. The van der Waals surface area contributed by atoms with Gasteiger partial charge in [0.15, 0.2) is 0 Å². The molecule has 1 aliphatic carbocycles. The second kappa shape index (κ2) is 7.30. The lowest BCUT2D eigenvalue weighted by Gasteiger charge is -2.03. The lowest BCUT2D eigenvalue weighted by Crippen LogP contribution is -2.82. The summed E-state index contributed by atoms with van der Waals surface area (Å²) >= 11 is 5.98. The molecule has 2 atom stereocenters. The van der Waals surface area contributed by atoms with E-state index in [0.29, 0.717) is 5.02 Å². The highest BCUT2D eigenvalue weighted by atomic mass is 35.5. The van der Waals surface area contributed by atoms with Crippen LogP contribution in [0.3, 0.4) is 0 Å². The summed E-state index contributed by atoms with van der Waals surface area (Å²) in [6, 6.07) is 7.60. The molecule has 0 radical (unpaired) electrons. The van der Waals surface area contributed by atoms with Crippen molar-refractivity contribution in [3.63, 3.8) is 0 Å². The van der Waals surface area contributed by atoms with Crippen molar-refractivity contribution in [3.05, 3.63) is 34.9 Å². The standard InChI is InChI=1S/C13H16ClN3O.C2HF3O2/c1-13(2)9(7-4-3-5-8(14)6-7)10(13)11(18)17-12(15)16;3-2(4,5)1(6)7/h3-6,9-10H,1-2H3,(H4,15,16,17,18);(H,6,7)/t9-,10+;/m1./s1. The number of aliphatic carboxylic acids is 1. The van der Waals surface area contributed by atoms with Gasteiger partial charge in [-0.25, -0.2) is 4.99 Å². The van der Waals surface area contributed by atoms with Crippen molar-refractivity contribution in [1.82, 2.24) is 0 Å². The minimum absolute atomic E-state index is 0.0625. The summed E-state index contributed by atoms with van der Waals surface area (Å²) in [6.45, 7) is 4.10. The van der Waals surface area contributed by atoms with Gasteiger partial charge in [-0.15, -0.1) is 0 Å². The van der Waals surface area contributed by atoms with E-state index in [1.165, 1.54) is 0 Å². The number of rotatable bonds is 2. The largest absolute Gasteiger partial charge is 0.542 e. The Hall–Kier alpha value is -2.29. The molecule has 0 bridgehead atoms. The fraction of sp³-hybridized carbons (Fsp3) is 0.400. The first-order valence-corrected chi connectivity index (χ1v) is 7.38. The molecule has 0 heterocycles. The molecule has 0 unspecified atom stereocenters. The summed E-state index contributed by atoms with van der Waals surface area (Å²) < 4.78 is 31.5. The molecule has 1 fully saturated rings. The molecule has 1 amide bonds. The third-order valence-electron chi connectivity index (χ3n) is 3.82. The van der Waals surface area contributed by atoms with Crippen LogP contribution in [0.25, 0.3) is 0 Å². The fourth-order valence-corrected chi connectivity index (χ4v) is 2.87. The molecule has 10 heteroatoms. The lowest BCUT2D eigenvalue weighted by atomic mass is 10.0. The van der Waals surface area contributed by atoms with Gasteiger partial charge in [0.25, 0.3) is 5.91 Å². The van der Waals surface area contributed by atoms with E-state index in [1.807, 2.05) is 24.3 Å². The number of carboxylic acid groups (broad SMARTS) is 1. The average molecular weight is 380 g/mol. The minimum Gasteiger partial charge on any atom is -0.542 e. The van der Waals surface area contributed by atoms with E-state index in [2.05, 4.69) is 18.8 Å². The van der Waals surface area contributed by atoms with E-state index in [-0.39, 0.29) is 29.1 Å². The average Bonchev–Trinajstić information content (AvgIpc) is 3.00. The van der Waals surface area contributed by atoms with Gasteiger partial charge in [-0.05, 0) is 23.1 Å². The number of amides is 1. The van der Waals surface area contributed by atoms with Gasteiger partial charge in [0, 0.05) is 10.9 Å². The number of nitrogens with two attached hydrogens (primary N) is 2. The maximum absolute atomic E-state index is 12.0. The molecule has 138 valence electrons. The van der Waals surface area contributed by atoms with Gasteiger partial charge in [-0.1, -0.05) is 37.6 Å². The predicted molar refractivity (Wildman–Crippen MR) is 81.9 cm³/mol. The highest BCUT2D eigenvalue weighted by molar-refractivity contribution is 6.30. The van der Waals surface area contributed by atoms with Crippen LogP contribution in [-0.4, -0.2) is 24.0 Å². The number of nitrogens with one attached hydrogen (secondary N) is 1. The van der Waals surface area contributed by atoms with E-state index in [4.69, 9.17) is 33.0 Å². The van der Waals surface area contributed by atoms with Crippen LogP contribution in [0, 0.1) is 11.3 Å². The Morgan fingerprint density at radius 2 is 1.80 bits per heavy atom. The molecule has 6 nitrogen and oxygen atoms in total. The molecular weight excluding hydrogens is 363 g/mol. The van der Waals surface area contributed by atoms with Crippen molar-refractivity contribution >= 4 is 29.4 Å².